The van der Waals surface area contributed by atoms with Crippen LogP contribution in [0.5, 0.6) is 0 Å². The van der Waals surface area contributed by atoms with Crippen LogP contribution in [0.4, 0.5) is 10.2 Å². The van der Waals surface area contributed by atoms with Crippen LogP contribution in [0.1, 0.15) is 6.92 Å². The average Bonchev–Trinajstić information content (AvgIpc) is 2.29. The zero-order chi connectivity index (χ0) is 12.4. The molecule has 0 N–H and O–H groups in total. The maximum absolute atomic E-state index is 13.6. The molecular weight excluding hydrogens is 245 g/mol. The number of piperazine rings is 1. The molecule has 2 heterocycles. The number of rotatable bonds is 1. The summed E-state index contributed by atoms with van der Waals surface area (Å²) < 4.78 is 13.6. The highest BCUT2D eigenvalue weighted by Gasteiger charge is 2.21. The van der Waals surface area contributed by atoms with Gasteiger partial charge in [0.05, 0.1) is 5.02 Å². The molecule has 0 aromatic carbocycles. The standard InChI is InChI=1S/C11H13ClFN3O/c1-8(17)15-2-4-16(5-3-15)11-10(13)6-9(12)7-14-11/h6-7H,2-5H2,1H3. The van der Waals surface area contributed by atoms with Crippen LogP contribution in [0.25, 0.3) is 0 Å². The largest absolute Gasteiger partial charge is 0.351 e. The minimum atomic E-state index is -0.422. The number of carbonyl (C=O) groups is 1. The van der Waals surface area contributed by atoms with E-state index in [0.717, 1.165) is 0 Å². The van der Waals surface area contributed by atoms with E-state index in [2.05, 4.69) is 4.98 Å². The summed E-state index contributed by atoms with van der Waals surface area (Å²) in [6, 6.07) is 1.25. The highest BCUT2D eigenvalue weighted by atomic mass is 35.5. The van der Waals surface area contributed by atoms with E-state index in [-0.39, 0.29) is 10.9 Å². The van der Waals surface area contributed by atoms with Gasteiger partial charge in [-0.2, -0.15) is 0 Å². The topological polar surface area (TPSA) is 36.4 Å². The first-order chi connectivity index (χ1) is 8.08. The first-order valence-corrected chi connectivity index (χ1v) is 5.77. The van der Waals surface area contributed by atoms with Gasteiger partial charge in [0.15, 0.2) is 11.6 Å². The summed E-state index contributed by atoms with van der Waals surface area (Å²) in [7, 11) is 0. The number of amides is 1. The van der Waals surface area contributed by atoms with Gasteiger partial charge in [-0.1, -0.05) is 11.6 Å². The SMILES string of the molecule is CC(=O)N1CCN(c2ncc(Cl)cc2F)CC1. The van der Waals surface area contributed by atoms with E-state index in [4.69, 9.17) is 11.6 Å². The number of pyridine rings is 1. The Bertz CT molecular complexity index is 433. The van der Waals surface area contributed by atoms with E-state index < -0.39 is 5.82 Å². The van der Waals surface area contributed by atoms with E-state index in [0.29, 0.717) is 32.0 Å². The Morgan fingerprint density at radius 2 is 2.06 bits per heavy atom. The molecule has 6 heteroatoms. The van der Waals surface area contributed by atoms with Crippen LogP contribution in [-0.2, 0) is 4.79 Å². The highest BCUT2D eigenvalue weighted by molar-refractivity contribution is 6.30. The average molecular weight is 258 g/mol. The van der Waals surface area contributed by atoms with Crippen LogP contribution < -0.4 is 4.90 Å². The van der Waals surface area contributed by atoms with Gasteiger partial charge in [0.2, 0.25) is 5.91 Å². The number of halogens is 2. The Balaban J connectivity index is 2.08. The Morgan fingerprint density at radius 3 is 2.59 bits per heavy atom. The zero-order valence-corrected chi connectivity index (χ0v) is 10.2. The molecule has 0 bridgehead atoms. The Hall–Kier alpha value is -1.36. The molecule has 1 aliphatic rings. The van der Waals surface area contributed by atoms with Gasteiger partial charge in [0.1, 0.15) is 0 Å². The molecule has 1 amide bonds. The maximum atomic E-state index is 13.6. The zero-order valence-electron chi connectivity index (χ0n) is 9.49. The summed E-state index contributed by atoms with van der Waals surface area (Å²) in [6.45, 7) is 3.91. The molecule has 0 radical (unpaired) electrons. The fourth-order valence-electron chi connectivity index (χ4n) is 1.87. The van der Waals surface area contributed by atoms with Crippen molar-refractivity contribution in [2.75, 3.05) is 31.1 Å². The fourth-order valence-corrected chi connectivity index (χ4v) is 2.02. The third-order valence-corrected chi connectivity index (χ3v) is 3.02. The van der Waals surface area contributed by atoms with Crippen LogP contribution in [0.3, 0.4) is 0 Å². The molecule has 1 aromatic rings. The highest BCUT2D eigenvalue weighted by Crippen LogP contribution is 2.20. The number of aromatic nitrogens is 1. The predicted octanol–water partition coefficient (Wildman–Crippen LogP) is 1.54. The smallest absolute Gasteiger partial charge is 0.219 e. The van der Waals surface area contributed by atoms with Gasteiger partial charge in [-0.25, -0.2) is 9.37 Å². The van der Waals surface area contributed by atoms with E-state index in [1.807, 2.05) is 4.90 Å². The normalized spacial score (nSPS) is 16.2. The minimum absolute atomic E-state index is 0.0502. The molecule has 0 atom stereocenters. The van der Waals surface area contributed by atoms with Gasteiger partial charge in [-0.3, -0.25) is 4.79 Å². The molecule has 0 aliphatic carbocycles. The van der Waals surface area contributed by atoms with Crippen LogP contribution in [0.2, 0.25) is 5.02 Å². The van der Waals surface area contributed by atoms with Crippen molar-refractivity contribution < 1.29 is 9.18 Å². The van der Waals surface area contributed by atoms with Crippen LogP contribution in [0.15, 0.2) is 12.3 Å². The van der Waals surface area contributed by atoms with Gasteiger partial charge in [0.25, 0.3) is 0 Å². The fraction of sp³-hybridized carbons (Fsp3) is 0.455. The molecular formula is C11H13ClFN3O. The maximum Gasteiger partial charge on any atom is 0.219 e. The van der Waals surface area contributed by atoms with E-state index >= 15 is 0 Å². The van der Waals surface area contributed by atoms with Crippen molar-refractivity contribution in [3.05, 3.63) is 23.1 Å². The third kappa shape index (κ3) is 2.66. The Labute approximate surface area is 104 Å². The second-order valence-electron chi connectivity index (χ2n) is 3.95. The molecule has 92 valence electrons. The number of carbonyl (C=O) groups excluding carboxylic acids is 1. The minimum Gasteiger partial charge on any atom is -0.351 e. The molecule has 0 saturated carbocycles. The number of hydrogen-bond acceptors (Lipinski definition) is 3. The van der Waals surface area contributed by atoms with Crippen molar-refractivity contribution in [1.82, 2.24) is 9.88 Å². The van der Waals surface area contributed by atoms with E-state index in [1.54, 1.807) is 4.90 Å². The number of anilines is 1. The van der Waals surface area contributed by atoms with Gasteiger partial charge >= 0.3 is 0 Å². The van der Waals surface area contributed by atoms with E-state index in [9.17, 15) is 9.18 Å². The van der Waals surface area contributed by atoms with Crippen molar-refractivity contribution in [3.8, 4) is 0 Å². The first kappa shape index (κ1) is 12.1. The lowest BCUT2D eigenvalue weighted by Gasteiger charge is -2.34. The summed E-state index contributed by atoms with van der Waals surface area (Å²) >= 11 is 5.65. The van der Waals surface area contributed by atoms with E-state index in [1.165, 1.54) is 19.2 Å². The summed E-state index contributed by atoms with van der Waals surface area (Å²) in [4.78, 5) is 18.7. The predicted molar refractivity (Wildman–Crippen MR) is 63.7 cm³/mol. The lowest BCUT2D eigenvalue weighted by Crippen LogP contribution is -2.48. The Kier molecular flexibility index (Phi) is 3.47. The molecule has 17 heavy (non-hydrogen) atoms. The molecule has 1 aliphatic heterocycles. The molecule has 0 spiro atoms. The molecule has 1 saturated heterocycles. The van der Waals surface area contributed by atoms with Crippen molar-refractivity contribution in [1.29, 1.82) is 0 Å². The molecule has 0 unspecified atom stereocenters. The monoisotopic (exact) mass is 257 g/mol. The van der Waals surface area contributed by atoms with Crippen molar-refractivity contribution in [3.63, 3.8) is 0 Å². The van der Waals surface area contributed by atoms with Crippen LogP contribution in [0, 0.1) is 5.82 Å². The summed E-state index contributed by atoms with van der Waals surface area (Å²) in [5.41, 5.74) is 0. The summed E-state index contributed by atoms with van der Waals surface area (Å²) in [6.07, 6.45) is 1.43. The molecule has 1 aromatic heterocycles. The number of nitrogens with zero attached hydrogens (tertiary/aromatic N) is 3. The first-order valence-electron chi connectivity index (χ1n) is 5.39. The van der Waals surface area contributed by atoms with Crippen molar-refractivity contribution in [2.45, 2.75) is 6.92 Å². The van der Waals surface area contributed by atoms with Crippen LogP contribution >= 0.6 is 11.6 Å². The lowest BCUT2D eigenvalue weighted by atomic mass is 10.3. The van der Waals surface area contributed by atoms with Gasteiger partial charge < -0.3 is 9.80 Å². The lowest BCUT2D eigenvalue weighted by molar-refractivity contribution is -0.129. The summed E-state index contributed by atoms with van der Waals surface area (Å²) in [5.74, 6) is -0.0689. The van der Waals surface area contributed by atoms with Crippen molar-refractivity contribution >= 4 is 23.3 Å². The molecule has 2 rings (SSSR count). The quantitative estimate of drug-likeness (QED) is 0.766. The van der Waals surface area contributed by atoms with Gasteiger partial charge in [-0.05, 0) is 6.07 Å². The van der Waals surface area contributed by atoms with Crippen LogP contribution in [-0.4, -0.2) is 42.0 Å². The molecule has 1 fully saturated rings. The summed E-state index contributed by atoms with van der Waals surface area (Å²) in [5, 5.41) is 0.286. The van der Waals surface area contributed by atoms with Gasteiger partial charge in [-0.15, -0.1) is 0 Å². The molecule has 4 nitrogen and oxygen atoms in total. The van der Waals surface area contributed by atoms with Crippen molar-refractivity contribution in [2.24, 2.45) is 0 Å². The number of hydrogen-bond donors (Lipinski definition) is 0. The second kappa shape index (κ2) is 4.87. The third-order valence-electron chi connectivity index (χ3n) is 2.81. The Morgan fingerprint density at radius 1 is 1.41 bits per heavy atom. The van der Waals surface area contributed by atoms with Gasteiger partial charge in [0, 0.05) is 39.3 Å². The second-order valence-corrected chi connectivity index (χ2v) is 4.39.